The molecule has 1 aromatic heterocycles. The number of ether oxygens (including phenoxy) is 1. The molecule has 0 unspecified atom stereocenters. The number of hydrogen-bond donors (Lipinski definition) is 0. The van der Waals surface area contributed by atoms with Crippen molar-refractivity contribution in [2.45, 2.75) is 6.61 Å². The molecule has 0 aliphatic heterocycles. The Morgan fingerprint density at radius 2 is 2.31 bits per heavy atom. The molecule has 0 atom stereocenters. The normalized spacial score (nSPS) is 9.75. The summed E-state index contributed by atoms with van der Waals surface area (Å²) in [7, 11) is 0. The van der Waals surface area contributed by atoms with Gasteiger partial charge in [0.25, 0.3) is 0 Å². The molecule has 2 rings (SSSR count). The Bertz CT molecular complexity index is 517. The Labute approximate surface area is 97.0 Å². The number of nitrogens with zero attached hydrogens (tertiary/aromatic N) is 2. The maximum absolute atomic E-state index is 8.69. The molecule has 4 nitrogen and oxygen atoms in total. The third-order valence-corrected chi connectivity index (χ3v) is 2.25. The minimum Gasteiger partial charge on any atom is -0.485 e. The van der Waals surface area contributed by atoms with Crippen LogP contribution in [0.15, 0.2) is 35.0 Å². The molecular formula is C11H7ClN2O2. The zero-order valence-electron chi connectivity index (χ0n) is 8.18. The van der Waals surface area contributed by atoms with Crippen LogP contribution >= 0.6 is 11.6 Å². The van der Waals surface area contributed by atoms with Gasteiger partial charge in [-0.05, 0) is 12.1 Å². The summed E-state index contributed by atoms with van der Waals surface area (Å²) in [5.74, 6) is 1.21. The molecule has 0 aliphatic rings. The van der Waals surface area contributed by atoms with Crippen LogP contribution in [0, 0.1) is 11.3 Å². The van der Waals surface area contributed by atoms with Crippen molar-refractivity contribution in [3.8, 4) is 11.8 Å². The smallest absolute Gasteiger partial charge is 0.174 e. The average molecular weight is 235 g/mol. The summed E-state index contributed by atoms with van der Waals surface area (Å²) in [5.41, 5.74) is 0.425. The Morgan fingerprint density at radius 3 is 2.94 bits per heavy atom. The van der Waals surface area contributed by atoms with E-state index < -0.39 is 0 Å². The molecule has 0 bridgehead atoms. The zero-order valence-corrected chi connectivity index (χ0v) is 8.94. The van der Waals surface area contributed by atoms with Gasteiger partial charge in [-0.15, -0.1) is 0 Å². The lowest BCUT2D eigenvalue weighted by Gasteiger charge is -2.04. The van der Waals surface area contributed by atoms with Crippen molar-refractivity contribution in [3.05, 3.63) is 46.8 Å². The molecule has 0 spiro atoms. The van der Waals surface area contributed by atoms with E-state index in [1.54, 1.807) is 30.5 Å². The van der Waals surface area contributed by atoms with Gasteiger partial charge < -0.3 is 9.26 Å². The monoisotopic (exact) mass is 234 g/mol. The molecule has 0 amide bonds. The molecule has 1 aromatic carbocycles. The number of benzene rings is 1. The van der Waals surface area contributed by atoms with Crippen LogP contribution in [-0.2, 0) is 6.61 Å². The summed E-state index contributed by atoms with van der Waals surface area (Å²) in [6.07, 6.45) is 1.55. The summed E-state index contributed by atoms with van der Waals surface area (Å²) in [6.45, 7) is 0.280. The van der Waals surface area contributed by atoms with Crippen LogP contribution in [0.3, 0.4) is 0 Å². The average Bonchev–Trinajstić information content (AvgIpc) is 2.79. The predicted molar refractivity (Wildman–Crippen MR) is 57.0 cm³/mol. The van der Waals surface area contributed by atoms with Gasteiger partial charge in [-0.2, -0.15) is 5.26 Å². The lowest BCUT2D eigenvalue weighted by molar-refractivity contribution is 0.249. The van der Waals surface area contributed by atoms with Crippen molar-refractivity contribution in [2.75, 3.05) is 0 Å². The maximum atomic E-state index is 8.69. The molecule has 5 heteroatoms. The molecule has 0 radical (unpaired) electrons. The molecular weight excluding hydrogens is 228 g/mol. The van der Waals surface area contributed by atoms with Gasteiger partial charge in [0.1, 0.15) is 18.4 Å². The van der Waals surface area contributed by atoms with Crippen molar-refractivity contribution in [3.63, 3.8) is 0 Å². The first-order chi connectivity index (χ1) is 7.79. The Morgan fingerprint density at radius 1 is 1.44 bits per heavy atom. The molecule has 0 saturated heterocycles. The fourth-order valence-corrected chi connectivity index (χ4v) is 1.36. The largest absolute Gasteiger partial charge is 0.485 e. The summed E-state index contributed by atoms with van der Waals surface area (Å²) in [6, 6.07) is 8.57. The van der Waals surface area contributed by atoms with E-state index in [2.05, 4.69) is 5.16 Å². The van der Waals surface area contributed by atoms with Crippen molar-refractivity contribution in [1.82, 2.24) is 5.16 Å². The summed E-state index contributed by atoms with van der Waals surface area (Å²) in [4.78, 5) is 0. The van der Waals surface area contributed by atoms with Gasteiger partial charge in [-0.25, -0.2) is 0 Å². The van der Waals surface area contributed by atoms with Gasteiger partial charge >= 0.3 is 0 Å². The van der Waals surface area contributed by atoms with E-state index in [0.717, 1.165) is 0 Å². The molecule has 1 heterocycles. The number of rotatable bonds is 3. The molecule has 0 saturated carbocycles. The third-order valence-electron chi connectivity index (χ3n) is 1.93. The maximum Gasteiger partial charge on any atom is 0.174 e. The highest BCUT2D eigenvalue weighted by Gasteiger charge is 2.03. The van der Waals surface area contributed by atoms with Gasteiger partial charge in [0, 0.05) is 12.1 Å². The number of aromatic nitrogens is 1. The lowest BCUT2D eigenvalue weighted by atomic mass is 10.2. The van der Waals surface area contributed by atoms with Gasteiger partial charge in [0.05, 0.1) is 16.8 Å². The Balaban J connectivity index is 2.06. The van der Waals surface area contributed by atoms with E-state index in [1.165, 1.54) is 0 Å². The van der Waals surface area contributed by atoms with Crippen LogP contribution in [-0.4, -0.2) is 5.16 Å². The van der Waals surface area contributed by atoms with Crippen LogP contribution in [0.25, 0.3) is 0 Å². The van der Waals surface area contributed by atoms with E-state index in [9.17, 15) is 0 Å². The second-order valence-corrected chi connectivity index (χ2v) is 3.43. The van der Waals surface area contributed by atoms with Gasteiger partial charge in [-0.1, -0.05) is 16.8 Å². The van der Waals surface area contributed by atoms with Gasteiger partial charge in [0.15, 0.2) is 5.76 Å². The van der Waals surface area contributed by atoms with E-state index in [4.69, 9.17) is 26.1 Å². The topological polar surface area (TPSA) is 59.0 Å². The first-order valence-corrected chi connectivity index (χ1v) is 4.89. The molecule has 2 aromatic rings. The molecule has 16 heavy (non-hydrogen) atoms. The van der Waals surface area contributed by atoms with Crippen LogP contribution in [0.2, 0.25) is 5.02 Å². The standard InChI is InChI=1S/C11H7ClN2O2/c12-11-5-9(2-1-8(11)6-13)15-7-10-3-4-14-16-10/h1-5H,7H2. The number of nitriles is 1. The predicted octanol–water partition coefficient (Wildman–Crippen LogP) is 2.78. The fourth-order valence-electron chi connectivity index (χ4n) is 1.15. The van der Waals surface area contributed by atoms with Crippen LogP contribution < -0.4 is 4.74 Å². The quantitative estimate of drug-likeness (QED) is 0.819. The van der Waals surface area contributed by atoms with Crippen molar-refractivity contribution in [1.29, 1.82) is 5.26 Å². The highest BCUT2D eigenvalue weighted by molar-refractivity contribution is 6.31. The third kappa shape index (κ3) is 2.33. The summed E-state index contributed by atoms with van der Waals surface area (Å²) in [5, 5.41) is 12.6. The van der Waals surface area contributed by atoms with Crippen molar-refractivity contribution in [2.24, 2.45) is 0 Å². The van der Waals surface area contributed by atoms with Crippen LogP contribution in [0.5, 0.6) is 5.75 Å². The number of hydrogen-bond acceptors (Lipinski definition) is 4. The fraction of sp³-hybridized carbons (Fsp3) is 0.0909. The second-order valence-electron chi connectivity index (χ2n) is 3.02. The zero-order chi connectivity index (χ0) is 11.4. The van der Waals surface area contributed by atoms with Crippen molar-refractivity contribution < 1.29 is 9.26 Å². The van der Waals surface area contributed by atoms with E-state index in [0.29, 0.717) is 22.1 Å². The first kappa shape index (κ1) is 10.5. The molecule has 0 aliphatic carbocycles. The first-order valence-electron chi connectivity index (χ1n) is 4.51. The minimum absolute atomic E-state index is 0.280. The SMILES string of the molecule is N#Cc1ccc(OCc2ccno2)cc1Cl. The second kappa shape index (κ2) is 4.69. The van der Waals surface area contributed by atoms with Crippen LogP contribution in [0.4, 0.5) is 0 Å². The summed E-state index contributed by atoms with van der Waals surface area (Å²) >= 11 is 5.85. The molecule has 0 N–H and O–H groups in total. The van der Waals surface area contributed by atoms with E-state index >= 15 is 0 Å². The van der Waals surface area contributed by atoms with Crippen molar-refractivity contribution >= 4 is 11.6 Å². The van der Waals surface area contributed by atoms with E-state index in [-0.39, 0.29) is 6.61 Å². The molecule has 80 valence electrons. The van der Waals surface area contributed by atoms with Gasteiger partial charge in [-0.3, -0.25) is 0 Å². The number of halogens is 1. The van der Waals surface area contributed by atoms with Crippen LogP contribution in [0.1, 0.15) is 11.3 Å². The van der Waals surface area contributed by atoms with E-state index in [1.807, 2.05) is 6.07 Å². The Kier molecular flexibility index (Phi) is 3.08. The summed E-state index contributed by atoms with van der Waals surface area (Å²) < 4.78 is 10.3. The lowest BCUT2D eigenvalue weighted by Crippen LogP contribution is -1.93. The highest BCUT2D eigenvalue weighted by atomic mass is 35.5. The van der Waals surface area contributed by atoms with Gasteiger partial charge in [0.2, 0.25) is 0 Å². The molecule has 0 fully saturated rings. The minimum atomic E-state index is 0.280. The Hall–Kier alpha value is -1.99. The highest BCUT2D eigenvalue weighted by Crippen LogP contribution is 2.22.